The number of rotatable bonds is 1. The third-order valence-corrected chi connectivity index (χ3v) is 1.27. The van der Waals surface area contributed by atoms with Gasteiger partial charge in [0.05, 0.1) is 11.9 Å². The summed E-state index contributed by atoms with van der Waals surface area (Å²) in [6.45, 7) is 1.59. The molecule has 0 aliphatic carbocycles. The summed E-state index contributed by atoms with van der Waals surface area (Å²) in [5, 5.41) is 0. The third-order valence-electron chi connectivity index (χ3n) is 1.27. The molecule has 0 radical (unpaired) electrons. The highest BCUT2D eigenvalue weighted by Crippen LogP contribution is 2.11. The van der Waals surface area contributed by atoms with Crippen LogP contribution in [-0.2, 0) is 0 Å². The van der Waals surface area contributed by atoms with Crippen LogP contribution in [0.4, 0.5) is 8.78 Å². The van der Waals surface area contributed by atoms with Crippen molar-refractivity contribution in [1.29, 1.82) is 0 Å². The van der Waals surface area contributed by atoms with Gasteiger partial charge in [-0.3, -0.25) is 4.98 Å². The predicted octanol–water partition coefficient (Wildman–Crippen LogP) is 1.80. The average Bonchev–Trinajstić information content (AvgIpc) is 1.85. The molecular formula is C7H9ClF2N2. The number of halogens is 3. The predicted molar refractivity (Wildman–Crippen MR) is 44.0 cm³/mol. The van der Waals surface area contributed by atoms with Crippen molar-refractivity contribution in [2.24, 2.45) is 5.73 Å². The third kappa shape index (κ3) is 2.39. The van der Waals surface area contributed by atoms with Gasteiger partial charge in [-0.05, 0) is 6.92 Å². The molecule has 2 nitrogen and oxygen atoms in total. The summed E-state index contributed by atoms with van der Waals surface area (Å²) in [6.07, 6.45) is 0.946. The first-order valence-electron chi connectivity index (χ1n) is 3.18. The number of nitrogens with zero attached hydrogens (tertiary/aromatic N) is 1. The van der Waals surface area contributed by atoms with Gasteiger partial charge in [-0.15, -0.1) is 12.4 Å². The SMILES string of the molecule is C[C@H](N)c1ncc(F)cc1F.Cl. The van der Waals surface area contributed by atoms with E-state index in [0.29, 0.717) is 0 Å². The molecule has 1 atom stereocenters. The van der Waals surface area contributed by atoms with E-state index < -0.39 is 17.7 Å². The molecule has 2 N–H and O–H groups in total. The molecule has 12 heavy (non-hydrogen) atoms. The zero-order chi connectivity index (χ0) is 8.43. The average molecular weight is 195 g/mol. The zero-order valence-corrected chi connectivity index (χ0v) is 7.24. The summed E-state index contributed by atoms with van der Waals surface area (Å²) in [4.78, 5) is 3.50. The van der Waals surface area contributed by atoms with E-state index in [1.165, 1.54) is 0 Å². The molecule has 0 aromatic carbocycles. The maximum atomic E-state index is 12.7. The first kappa shape index (κ1) is 11.3. The molecule has 0 saturated heterocycles. The summed E-state index contributed by atoms with van der Waals surface area (Å²) in [7, 11) is 0. The lowest BCUT2D eigenvalue weighted by Crippen LogP contribution is -2.09. The first-order valence-corrected chi connectivity index (χ1v) is 3.18. The van der Waals surface area contributed by atoms with E-state index in [2.05, 4.69) is 4.98 Å². The van der Waals surface area contributed by atoms with E-state index in [1.54, 1.807) is 6.92 Å². The van der Waals surface area contributed by atoms with Gasteiger partial charge in [0.2, 0.25) is 0 Å². The Morgan fingerprint density at radius 3 is 2.50 bits per heavy atom. The van der Waals surface area contributed by atoms with Crippen LogP contribution in [0, 0.1) is 11.6 Å². The second-order valence-corrected chi connectivity index (χ2v) is 2.31. The molecule has 5 heteroatoms. The minimum atomic E-state index is -0.694. The summed E-state index contributed by atoms with van der Waals surface area (Å²) in [5.74, 6) is -1.38. The van der Waals surface area contributed by atoms with Crippen molar-refractivity contribution in [1.82, 2.24) is 4.98 Å². The van der Waals surface area contributed by atoms with Crippen molar-refractivity contribution in [2.75, 3.05) is 0 Å². The monoisotopic (exact) mass is 194 g/mol. The minimum absolute atomic E-state index is 0. The van der Waals surface area contributed by atoms with Crippen LogP contribution >= 0.6 is 12.4 Å². The van der Waals surface area contributed by atoms with Crippen molar-refractivity contribution >= 4 is 12.4 Å². The molecule has 68 valence electrons. The number of hydrogen-bond acceptors (Lipinski definition) is 2. The highest BCUT2D eigenvalue weighted by molar-refractivity contribution is 5.85. The second kappa shape index (κ2) is 4.33. The molecule has 0 fully saturated rings. The minimum Gasteiger partial charge on any atom is -0.323 e. The highest BCUT2D eigenvalue weighted by Gasteiger charge is 2.08. The van der Waals surface area contributed by atoms with Crippen LogP contribution in [0.3, 0.4) is 0 Å². The summed E-state index contributed by atoms with van der Waals surface area (Å²) in [6, 6.07) is 0.265. The van der Waals surface area contributed by atoms with Crippen LogP contribution in [0.25, 0.3) is 0 Å². The number of aromatic nitrogens is 1. The maximum Gasteiger partial charge on any atom is 0.149 e. The van der Waals surface area contributed by atoms with Crippen LogP contribution in [0.2, 0.25) is 0 Å². The first-order chi connectivity index (χ1) is 5.11. The summed E-state index contributed by atoms with van der Waals surface area (Å²) in [5.41, 5.74) is 5.43. The highest BCUT2D eigenvalue weighted by atomic mass is 35.5. The number of pyridine rings is 1. The molecule has 1 aromatic heterocycles. The van der Waals surface area contributed by atoms with Crippen molar-refractivity contribution in [2.45, 2.75) is 13.0 Å². The van der Waals surface area contributed by atoms with Crippen molar-refractivity contribution < 1.29 is 8.78 Å². The van der Waals surface area contributed by atoms with E-state index in [9.17, 15) is 8.78 Å². The van der Waals surface area contributed by atoms with Gasteiger partial charge in [0.25, 0.3) is 0 Å². The molecule has 0 aliphatic rings. The molecule has 0 saturated carbocycles. The number of hydrogen-bond donors (Lipinski definition) is 1. The van der Waals surface area contributed by atoms with Crippen LogP contribution in [-0.4, -0.2) is 4.98 Å². The van der Waals surface area contributed by atoms with E-state index in [1.807, 2.05) is 0 Å². The van der Waals surface area contributed by atoms with Gasteiger partial charge in [0.1, 0.15) is 11.6 Å². The molecule has 1 rings (SSSR count). The van der Waals surface area contributed by atoms with Gasteiger partial charge in [-0.1, -0.05) is 0 Å². The fraction of sp³-hybridized carbons (Fsp3) is 0.286. The zero-order valence-electron chi connectivity index (χ0n) is 6.42. The van der Waals surface area contributed by atoms with Crippen molar-refractivity contribution in [3.63, 3.8) is 0 Å². The molecule has 0 bridgehead atoms. The van der Waals surface area contributed by atoms with Gasteiger partial charge in [-0.2, -0.15) is 0 Å². The number of nitrogens with two attached hydrogens (primary N) is 1. The summed E-state index contributed by atoms with van der Waals surface area (Å²) < 4.78 is 25.0. The smallest absolute Gasteiger partial charge is 0.149 e. The normalized spacial score (nSPS) is 12.0. The van der Waals surface area contributed by atoms with Gasteiger partial charge in [0.15, 0.2) is 0 Å². The Morgan fingerprint density at radius 1 is 1.50 bits per heavy atom. The van der Waals surface area contributed by atoms with Gasteiger partial charge >= 0.3 is 0 Å². The quantitative estimate of drug-likeness (QED) is 0.741. The Morgan fingerprint density at radius 2 is 2.08 bits per heavy atom. The van der Waals surface area contributed by atoms with Gasteiger partial charge < -0.3 is 5.73 Å². The largest absolute Gasteiger partial charge is 0.323 e. The van der Waals surface area contributed by atoms with Gasteiger partial charge in [0, 0.05) is 12.1 Å². The van der Waals surface area contributed by atoms with Crippen LogP contribution in [0.1, 0.15) is 18.7 Å². The summed E-state index contributed by atoms with van der Waals surface area (Å²) >= 11 is 0. The van der Waals surface area contributed by atoms with E-state index >= 15 is 0 Å². The van der Waals surface area contributed by atoms with Gasteiger partial charge in [-0.25, -0.2) is 8.78 Å². The second-order valence-electron chi connectivity index (χ2n) is 2.31. The van der Waals surface area contributed by atoms with E-state index in [-0.39, 0.29) is 18.1 Å². The Balaban J connectivity index is 0.00000121. The molecule has 0 amide bonds. The molecule has 1 heterocycles. The molecule has 1 aromatic rings. The lowest BCUT2D eigenvalue weighted by Gasteiger charge is -2.04. The van der Waals surface area contributed by atoms with E-state index in [4.69, 9.17) is 5.73 Å². The Kier molecular flexibility index (Phi) is 4.06. The lowest BCUT2D eigenvalue weighted by atomic mass is 10.2. The Hall–Kier alpha value is -0.740. The van der Waals surface area contributed by atoms with Crippen molar-refractivity contribution in [3.05, 3.63) is 29.6 Å². The Labute approximate surface area is 75.2 Å². The molecular weight excluding hydrogens is 186 g/mol. The lowest BCUT2D eigenvalue weighted by molar-refractivity contribution is 0.545. The molecule has 0 unspecified atom stereocenters. The fourth-order valence-electron chi connectivity index (χ4n) is 0.760. The van der Waals surface area contributed by atoms with Crippen LogP contribution < -0.4 is 5.73 Å². The van der Waals surface area contributed by atoms with E-state index in [0.717, 1.165) is 12.3 Å². The standard InChI is InChI=1S/C7H8F2N2.ClH/c1-4(10)7-6(9)2-5(8)3-11-7;/h2-4H,10H2,1H3;1H/t4-;/m0./s1. The van der Waals surface area contributed by atoms with Crippen LogP contribution in [0.5, 0.6) is 0 Å². The topological polar surface area (TPSA) is 38.9 Å². The molecule has 0 spiro atoms. The fourth-order valence-corrected chi connectivity index (χ4v) is 0.760. The van der Waals surface area contributed by atoms with Crippen molar-refractivity contribution in [3.8, 4) is 0 Å². The Bertz CT molecular complexity index is 266. The van der Waals surface area contributed by atoms with Crippen LogP contribution in [0.15, 0.2) is 12.3 Å². The maximum absolute atomic E-state index is 12.7. The molecule has 0 aliphatic heterocycles.